The Hall–Kier alpha value is -1.24. The average molecular weight is 276 g/mol. The Morgan fingerprint density at radius 2 is 2.05 bits per heavy atom. The van der Waals surface area contributed by atoms with Gasteiger partial charge in [-0.2, -0.15) is 5.26 Å². The van der Waals surface area contributed by atoms with Crippen molar-refractivity contribution < 1.29 is 0 Å². The topological polar surface area (TPSA) is 53.0 Å². The molecular formula is C15H18ClN3. The van der Waals surface area contributed by atoms with Gasteiger partial charge in [0.15, 0.2) is 0 Å². The van der Waals surface area contributed by atoms with Crippen LogP contribution in [0.3, 0.4) is 0 Å². The first kappa shape index (κ1) is 12.8. The highest BCUT2D eigenvalue weighted by molar-refractivity contribution is 6.32. The van der Waals surface area contributed by atoms with Gasteiger partial charge in [0.25, 0.3) is 0 Å². The molecule has 3 rings (SSSR count). The van der Waals surface area contributed by atoms with Crippen molar-refractivity contribution in [2.45, 2.75) is 25.3 Å². The Bertz CT molecular complexity index is 523. The van der Waals surface area contributed by atoms with Crippen molar-refractivity contribution in [2.24, 2.45) is 17.6 Å². The van der Waals surface area contributed by atoms with Crippen molar-refractivity contribution in [2.75, 3.05) is 18.0 Å². The SMILES string of the molecule is N#Cc1c(Cl)cccc1N1C[C@H]2CCC(N)C[C@H]2C1. The third-order valence-corrected chi connectivity index (χ3v) is 4.85. The number of hydrogen-bond donors (Lipinski definition) is 1. The fourth-order valence-electron chi connectivity index (χ4n) is 3.55. The Kier molecular flexibility index (Phi) is 3.38. The lowest BCUT2D eigenvalue weighted by molar-refractivity contribution is 0.271. The minimum Gasteiger partial charge on any atom is -0.370 e. The molecule has 2 aliphatic rings. The monoisotopic (exact) mass is 275 g/mol. The fourth-order valence-corrected chi connectivity index (χ4v) is 3.76. The molecule has 4 heteroatoms. The van der Waals surface area contributed by atoms with Crippen molar-refractivity contribution in [1.29, 1.82) is 5.26 Å². The molecule has 1 saturated carbocycles. The summed E-state index contributed by atoms with van der Waals surface area (Å²) in [6.45, 7) is 2.04. The summed E-state index contributed by atoms with van der Waals surface area (Å²) in [7, 11) is 0. The molecule has 0 aromatic heterocycles. The molecule has 1 aliphatic carbocycles. The van der Waals surface area contributed by atoms with Crippen LogP contribution in [0.25, 0.3) is 0 Å². The van der Waals surface area contributed by atoms with E-state index in [0.29, 0.717) is 22.5 Å². The number of nitrogens with two attached hydrogens (primary N) is 1. The maximum absolute atomic E-state index is 9.28. The molecule has 0 spiro atoms. The van der Waals surface area contributed by atoms with Crippen LogP contribution in [0.5, 0.6) is 0 Å². The van der Waals surface area contributed by atoms with E-state index in [1.807, 2.05) is 12.1 Å². The second-order valence-corrected chi connectivity index (χ2v) is 6.15. The predicted octanol–water partition coefficient (Wildman–Crippen LogP) is 2.78. The van der Waals surface area contributed by atoms with Gasteiger partial charge in [-0.1, -0.05) is 17.7 Å². The normalized spacial score (nSPS) is 29.9. The van der Waals surface area contributed by atoms with Gasteiger partial charge < -0.3 is 10.6 Å². The molecule has 3 nitrogen and oxygen atoms in total. The molecule has 1 aromatic carbocycles. The molecule has 1 heterocycles. The summed E-state index contributed by atoms with van der Waals surface area (Å²) in [6.07, 6.45) is 3.46. The van der Waals surface area contributed by atoms with Crippen molar-refractivity contribution in [3.05, 3.63) is 28.8 Å². The zero-order valence-electron chi connectivity index (χ0n) is 10.8. The summed E-state index contributed by atoms with van der Waals surface area (Å²) in [5.74, 6) is 1.40. The number of hydrogen-bond acceptors (Lipinski definition) is 3. The van der Waals surface area contributed by atoms with Gasteiger partial charge in [-0.3, -0.25) is 0 Å². The van der Waals surface area contributed by atoms with E-state index in [1.165, 1.54) is 6.42 Å². The molecule has 1 aromatic rings. The molecule has 3 atom stereocenters. The van der Waals surface area contributed by atoms with Crippen LogP contribution in [0.2, 0.25) is 5.02 Å². The molecule has 0 amide bonds. The Balaban J connectivity index is 1.85. The van der Waals surface area contributed by atoms with Crippen molar-refractivity contribution in [3.8, 4) is 6.07 Å². The van der Waals surface area contributed by atoms with E-state index in [9.17, 15) is 5.26 Å². The van der Waals surface area contributed by atoms with E-state index in [0.717, 1.165) is 37.5 Å². The van der Waals surface area contributed by atoms with E-state index in [-0.39, 0.29) is 0 Å². The Morgan fingerprint density at radius 1 is 1.26 bits per heavy atom. The van der Waals surface area contributed by atoms with Gasteiger partial charge in [-0.05, 0) is 43.2 Å². The van der Waals surface area contributed by atoms with Crippen LogP contribution in [0.4, 0.5) is 5.69 Å². The largest absolute Gasteiger partial charge is 0.370 e. The van der Waals surface area contributed by atoms with E-state index in [1.54, 1.807) is 6.07 Å². The summed E-state index contributed by atoms with van der Waals surface area (Å²) in [6, 6.07) is 8.29. The van der Waals surface area contributed by atoms with E-state index < -0.39 is 0 Å². The van der Waals surface area contributed by atoms with Crippen molar-refractivity contribution in [3.63, 3.8) is 0 Å². The highest BCUT2D eigenvalue weighted by Gasteiger charge is 2.37. The zero-order valence-corrected chi connectivity index (χ0v) is 11.6. The molecule has 1 saturated heterocycles. The first-order chi connectivity index (χ1) is 9.19. The third-order valence-electron chi connectivity index (χ3n) is 4.53. The van der Waals surface area contributed by atoms with Crippen LogP contribution in [-0.2, 0) is 0 Å². The zero-order chi connectivity index (χ0) is 13.4. The summed E-state index contributed by atoms with van der Waals surface area (Å²) < 4.78 is 0. The van der Waals surface area contributed by atoms with Gasteiger partial charge in [0.1, 0.15) is 6.07 Å². The maximum Gasteiger partial charge on any atom is 0.103 e. The molecule has 0 bridgehead atoms. The van der Waals surface area contributed by atoms with Crippen LogP contribution >= 0.6 is 11.6 Å². The number of fused-ring (bicyclic) bond motifs is 1. The average Bonchev–Trinajstić information content (AvgIpc) is 2.81. The number of anilines is 1. The lowest BCUT2D eigenvalue weighted by Crippen LogP contribution is -2.32. The van der Waals surface area contributed by atoms with Crippen molar-refractivity contribution in [1.82, 2.24) is 0 Å². The first-order valence-corrected chi connectivity index (χ1v) is 7.26. The lowest BCUT2D eigenvalue weighted by atomic mass is 9.79. The fraction of sp³-hybridized carbons (Fsp3) is 0.533. The van der Waals surface area contributed by atoms with E-state index in [2.05, 4.69) is 11.0 Å². The smallest absolute Gasteiger partial charge is 0.103 e. The first-order valence-electron chi connectivity index (χ1n) is 6.88. The summed E-state index contributed by atoms with van der Waals surface area (Å²) >= 11 is 6.11. The maximum atomic E-state index is 9.28. The summed E-state index contributed by atoms with van der Waals surface area (Å²) in [4.78, 5) is 2.32. The third kappa shape index (κ3) is 2.31. The Labute approximate surface area is 118 Å². The molecule has 2 N–H and O–H groups in total. The standard InChI is InChI=1S/C15H18ClN3/c16-14-2-1-3-15(13(14)7-17)19-8-10-4-5-12(18)6-11(10)9-19/h1-3,10-12H,4-6,8-9,18H2/t10-,11+,12?/m1/s1. The van der Waals surface area contributed by atoms with Gasteiger partial charge in [-0.15, -0.1) is 0 Å². The lowest BCUT2D eigenvalue weighted by Gasteiger charge is -2.27. The van der Waals surface area contributed by atoms with Crippen LogP contribution < -0.4 is 10.6 Å². The van der Waals surface area contributed by atoms with Gasteiger partial charge in [-0.25, -0.2) is 0 Å². The van der Waals surface area contributed by atoms with E-state index in [4.69, 9.17) is 17.3 Å². The van der Waals surface area contributed by atoms with Gasteiger partial charge in [0.2, 0.25) is 0 Å². The Morgan fingerprint density at radius 3 is 2.84 bits per heavy atom. The number of halogens is 1. The molecule has 1 unspecified atom stereocenters. The molecule has 2 fully saturated rings. The molecule has 19 heavy (non-hydrogen) atoms. The quantitative estimate of drug-likeness (QED) is 0.857. The number of rotatable bonds is 1. The van der Waals surface area contributed by atoms with E-state index >= 15 is 0 Å². The van der Waals surface area contributed by atoms with Crippen LogP contribution in [-0.4, -0.2) is 19.1 Å². The van der Waals surface area contributed by atoms with Crippen molar-refractivity contribution >= 4 is 17.3 Å². The van der Waals surface area contributed by atoms with Gasteiger partial charge in [0.05, 0.1) is 16.3 Å². The highest BCUT2D eigenvalue weighted by atomic mass is 35.5. The van der Waals surface area contributed by atoms with Crippen LogP contribution in [0.15, 0.2) is 18.2 Å². The molecule has 0 radical (unpaired) electrons. The molecule has 1 aliphatic heterocycles. The number of nitriles is 1. The van der Waals surface area contributed by atoms with Crippen LogP contribution in [0.1, 0.15) is 24.8 Å². The number of nitrogens with zero attached hydrogens (tertiary/aromatic N) is 2. The molecule has 100 valence electrons. The predicted molar refractivity (Wildman–Crippen MR) is 77.2 cm³/mol. The summed E-state index contributed by atoms with van der Waals surface area (Å²) in [5, 5.41) is 9.83. The molecular weight excluding hydrogens is 258 g/mol. The summed E-state index contributed by atoms with van der Waals surface area (Å²) in [5.41, 5.74) is 7.65. The minimum absolute atomic E-state index is 0.357. The number of benzene rings is 1. The second-order valence-electron chi connectivity index (χ2n) is 5.74. The highest BCUT2D eigenvalue weighted by Crippen LogP contribution is 2.39. The van der Waals surface area contributed by atoms with Gasteiger partial charge in [0, 0.05) is 19.1 Å². The minimum atomic E-state index is 0.357. The van der Waals surface area contributed by atoms with Crippen LogP contribution in [0, 0.1) is 23.2 Å². The second kappa shape index (κ2) is 5.03. The van der Waals surface area contributed by atoms with Gasteiger partial charge >= 0.3 is 0 Å².